The third-order valence-corrected chi connectivity index (χ3v) is 3.73. The molecule has 1 heterocycles. The molecule has 0 unspecified atom stereocenters. The molecule has 4 heteroatoms. The van der Waals surface area contributed by atoms with Gasteiger partial charge in [-0.05, 0) is 36.5 Å². The number of fused-ring (bicyclic) bond motifs is 1. The van der Waals surface area contributed by atoms with Gasteiger partial charge in [-0.3, -0.25) is 4.79 Å². The normalized spacial score (nSPS) is 19.9. The molecule has 0 atom stereocenters. The Morgan fingerprint density at radius 3 is 2.82 bits per heavy atom. The number of nitrogens with one attached hydrogen (secondary N) is 1. The molecule has 2 aliphatic rings. The maximum Gasteiger partial charge on any atom is 0.235 e. The highest BCUT2D eigenvalue weighted by molar-refractivity contribution is 5.99. The van der Waals surface area contributed by atoms with Crippen molar-refractivity contribution in [3.63, 3.8) is 0 Å². The van der Waals surface area contributed by atoms with Crippen molar-refractivity contribution in [2.75, 3.05) is 5.32 Å². The lowest BCUT2D eigenvalue weighted by Crippen LogP contribution is -2.32. The first-order valence-corrected chi connectivity index (χ1v) is 5.76. The van der Waals surface area contributed by atoms with Crippen LogP contribution >= 0.6 is 0 Å². The van der Waals surface area contributed by atoms with Crippen LogP contribution in [0.1, 0.15) is 30.4 Å². The van der Waals surface area contributed by atoms with Crippen LogP contribution in [0.2, 0.25) is 0 Å². The minimum absolute atomic E-state index is 0.0111. The van der Waals surface area contributed by atoms with E-state index in [0.29, 0.717) is 6.42 Å². The molecule has 1 aliphatic carbocycles. The highest BCUT2D eigenvalue weighted by atomic mass is 16.1. The Kier molecular flexibility index (Phi) is 2.13. The minimum atomic E-state index is -0.417. The van der Waals surface area contributed by atoms with E-state index in [1.165, 1.54) is 0 Å². The van der Waals surface area contributed by atoms with Crippen molar-refractivity contribution in [2.24, 2.45) is 4.99 Å². The standard InChI is InChI=1S/C13H12N2O2/c16-8-14-13(5-2-6-13)10-3-1-4-11-9(10)7-12(17)15-11/h1,3-4H,2,5-7H2,(H,15,17). The molecule has 17 heavy (non-hydrogen) atoms. The molecule has 0 saturated heterocycles. The zero-order valence-electron chi connectivity index (χ0n) is 9.32. The van der Waals surface area contributed by atoms with Gasteiger partial charge in [-0.25, -0.2) is 4.79 Å². The number of carbonyl (C=O) groups is 1. The number of hydrogen-bond donors (Lipinski definition) is 1. The van der Waals surface area contributed by atoms with E-state index in [2.05, 4.69) is 10.3 Å². The first kappa shape index (κ1) is 10.2. The molecule has 0 radical (unpaired) electrons. The second kappa shape index (κ2) is 3.54. The Balaban J connectivity index is 2.13. The fraction of sp³-hybridized carbons (Fsp3) is 0.385. The summed E-state index contributed by atoms with van der Waals surface area (Å²) in [7, 11) is 0. The summed E-state index contributed by atoms with van der Waals surface area (Å²) in [5.41, 5.74) is 2.46. The predicted octanol–water partition coefficient (Wildman–Crippen LogP) is 1.90. The minimum Gasteiger partial charge on any atom is -0.326 e. The first-order valence-electron chi connectivity index (χ1n) is 5.76. The quantitative estimate of drug-likeness (QED) is 0.620. The van der Waals surface area contributed by atoms with E-state index in [1.807, 2.05) is 18.2 Å². The highest BCUT2D eigenvalue weighted by Gasteiger charge is 2.41. The monoisotopic (exact) mass is 228 g/mol. The van der Waals surface area contributed by atoms with Gasteiger partial charge in [0.05, 0.1) is 12.0 Å². The van der Waals surface area contributed by atoms with Crippen molar-refractivity contribution in [1.82, 2.24) is 0 Å². The second-order valence-corrected chi connectivity index (χ2v) is 4.64. The number of isocyanates is 1. The van der Waals surface area contributed by atoms with Crippen molar-refractivity contribution >= 4 is 17.7 Å². The van der Waals surface area contributed by atoms with Gasteiger partial charge in [-0.2, -0.15) is 4.99 Å². The summed E-state index contributed by atoms with van der Waals surface area (Å²) in [6.45, 7) is 0. The fourth-order valence-electron chi connectivity index (χ4n) is 2.73. The average molecular weight is 228 g/mol. The molecule has 1 saturated carbocycles. The smallest absolute Gasteiger partial charge is 0.235 e. The van der Waals surface area contributed by atoms with Gasteiger partial charge in [-0.15, -0.1) is 0 Å². The summed E-state index contributed by atoms with van der Waals surface area (Å²) >= 11 is 0. The van der Waals surface area contributed by atoms with Crippen LogP contribution in [0.15, 0.2) is 23.2 Å². The number of anilines is 1. The van der Waals surface area contributed by atoms with Crippen LogP contribution in [0.3, 0.4) is 0 Å². The topological polar surface area (TPSA) is 58.5 Å². The van der Waals surface area contributed by atoms with E-state index in [-0.39, 0.29) is 5.91 Å². The molecule has 0 aromatic heterocycles. The summed E-state index contributed by atoms with van der Waals surface area (Å²) in [4.78, 5) is 26.0. The number of aliphatic imine (C=N–C) groups is 1. The van der Waals surface area contributed by atoms with Crippen molar-refractivity contribution in [3.05, 3.63) is 29.3 Å². The van der Waals surface area contributed by atoms with E-state index in [9.17, 15) is 9.59 Å². The number of nitrogens with zero attached hydrogens (tertiary/aromatic N) is 1. The van der Waals surface area contributed by atoms with E-state index in [4.69, 9.17) is 0 Å². The summed E-state index contributed by atoms with van der Waals surface area (Å²) in [5.74, 6) is 0.0111. The van der Waals surface area contributed by atoms with Crippen LogP contribution in [0.4, 0.5) is 5.69 Å². The van der Waals surface area contributed by atoms with E-state index in [1.54, 1.807) is 6.08 Å². The molecule has 86 valence electrons. The zero-order chi connectivity index (χ0) is 11.9. The van der Waals surface area contributed by atoms with Crippen molar-refractivity contribution in [1.29, 1.82) is 0 Å². The number of benzene rings is 1. The lowest BCUT2D eigenvalue weighted by molar-refractivity contribution is -0.115. The SMILES string of the molecule is O=C=NC1(c2cccc3c2CC(=O)N3)CCC1. The molecular weight excluding hydrogens is 216 g/mol. The number of hydrogen-bond acceptors (Lipinski definition) is 3. The predicted molar refractivity (Wildman–Crippen MR) is 62.4 cm³/mol. The van der Waals surface area contributed by atoms with Crippen molar-refractivity contribution in [3.8, 4) is 0 Å². The van der Waals surface area contributed by atoms with Gasteiger partial charge in [0.1, 0.15) is 0 Å². The molecule has 1 amide bonds. The average Bonchev–Trinajstić information content (AvgIpc) is 2.63. The maximum absolute atomic E-state index is 11.4. The van der Waals surface area contributed by atoms with E-state index < -0.39 is 5.54 Å². The van der Waals surface area contributed by atoms with Gasteiger partial charge in [0.2, 0.25) is 12.0 Å². The maximum atomic E-state index is 11.4. The lowest BCUT2D eigenvalue weighted by atomic mass is 9.70. The van der Waals surface area contributed by atoms with Gasteiger partial charge in [0.15, 0.2) is 0 Å². The van der Waals surface area contributed by atoms with Gasteiger partial charge < -0.3 is 5.32 Å². The van der Waals surface area contributed by atoms with E-state index >= 15 is 0 Å². The largest absolute Gasteiger partial charge is 0.326 e. The van der Waals surface area contributed by atoms with Gasteiger partial charge in [0, 0.05) is 5.69 Å². The summed E-state index contributed by atoms with van der Waals surface area (Å²) in [6.07, 6.45) is 4.87. The van der Waals surface area contributed by atoms with Crippen LogP contribution < -0.4 is 5.32 Å². The third kappa shape index (κ3) is 1.41. The molecule has 1 aliphatic heterocycles. The van der Waals surface area contributed by atoms with Crippen molar-refractivity contribution < 1.29 is 9.59 Å². The summed E-state index contributed by atoms with van der Waals surface area (Å²) in [6, 6.07) is 5.76. The Labute approximate surface area is 98.7 Å². The first-order chi connectivity index (χ1) is 8.25. The van der Waals surface area contributed by atoms with Crippen LogP contribution in [0, 0.1) is 0 Å². The summed E-state index contributed by atoms with van der Waals surface area (Å²) in [5, 5.41) is 2.82. The molecule has 0 spiro atoms. The Morgan fingerprint density at radius 1 is 1.35 bits per heavy atom. The lowest BCUT2D eigenvalue weighted by Gasteiger charge is -2.38. The number of carbonyl (C=O) groups excluding carboxylic acids is 2. The Hall–Kier alpha value is -1.93. The van der Waals surface area contributed by atoms with Crippen LogP contribution in [0.5, 0.6) is 0 Å². The number of amides is 1. The summed E-state index contributed by atoms with van der Waals surface area (Å²) < 4.78 is 0. The molecule has 0 bridgehead atoms. The number of rotatable bonds is 2. The molecule has 1 aromatic rings. The molecule has 1 N–H and O–H groups in total. The van der Waals surface area contributed by atoms with Crippen LogP contribution in [0.25, 0.3) is 0 Å². The van der Waals surface area contributed by atoms with Gasteiger partial charge >= 0.3 is 0 Å². The molecular formula is C13H12N2O2. The molecule has 4 nitrogen and oxygen atoms in total. The highest BCUT2D eigenvalue weighted by Crippen LogP contribution is 2.47. The van der Waals surface area contributed by atoms with E-state index in [0.717, 1.165) is 36.1 Å². The molecule has 1 aromatic carbocycles. The van der Waals surface area contributed by atoms with Crippen LogP contribution in [-0.2, 0) is 21.5 Å². The second-order valence-electron chi connectivity index (χ2n) is 4.64. The fourth-order valence-corrected chi connectivity index (χ4v) is 2.73. The zero-order valence-corrected chi connectivity index (χ0v) is 9.32. The third-order valence-electron chi connectivity index (χ3n) is 3.73. The Morgan fingerprint density at radius 2 is 2.18 bits per heavy atom. The Bertz CT molecular complexity index is 540. The molecule has 1 fully saturated rings. The van der Waals surface area contributed by atoms with Crippen LogP contribution in [-0.4, -0.2) is 12.0 Å². The van der Waals surface area contributed by atoms with Gasteiger partial charge in [0.25, 0.3) is 0 Å². The van der Waals surface area contributed by atoms with Gasteiger partial charge in [-0.1, -0.05) is 12.1 Å². The van der Waals surface area contributed by atoms with Crippen molar-refractivity contribution in [2.45, 2.75) is 31.2 Å². The molecule has 3 rings (SSSR count).